The van der Waals surface area contributed by atoms with E-state index in [0.717, 1.165) is 40.2 Å². The fourth-order valence-corrected chi connectivity index (χ4v) is 6.05. The van der Waals surface area contributed by atoms with Gasteiger partial charge in [-0.25, -0.2) is 0 Å². The molecular formula is C33H45N3OS. The van der Waals surface area contributed by atoms with E-state index in [1.807, 2.05) is 25.1 Å². The molecule has 1 aliphatic rings. The number of anilines is 1. The van der Waals surface area contributed by atoms with E-state index in [1.165, 1.54) is 24.8 Å². The van der Waals surface area contributed by atoms with Gasteiger partial charge in [0.1, 0.15) is 11.5 Å². The summed E-state index contributed by atoms with van der Waals surface area (Å²) < 4.78 is 0. The summed E-state index contributed by atoms with van der Waals surface area (Å²) in [4.78, 5) is 2.18. The molecule has 0 amide bonds. The predicted octanol–water partition coefficient (Wildman–Crippen LogP) is 9.57. The lowest BCUT2D eigenvalue weighted by atomic mass is 9.72. The smallest absolute Gasteiger partial charge is 0.143 e. The van der Waals surface area contributed by atoms with Crippen LogP contribution in [0.15, 0.2) is 69.5 Å². The fraction of sp³-hybridized carbons (Fsp3) is 0.455. The van der Waals surface area contributed by atoms with Gasteiger partial charge >= 0.3 is 0 Å². The molecule has 0 spiro atoms. The average molecular weight is 532 g/mol. The Kier molecular flexibility index (Phi) is 10.1. The second-order valence-electron chi connectivity index (χ2n) is 12.3. The quantitative estimate of drug-likeness (QED) is 0.117. The topological polar surface area (TPSA) is 68.5 Å². The van der Waals surface area contributed by atoms with E-state index in [2.05, 4.69) is 82.4 Å². The van der Waals surface area contributed by atoms with Crippen LogP contribution in [0.2, 0.25) is 0 Å². The molecule has 4 nitrogen and oxygen atoms in total. The van der Waals surface area contributed by atoms with Crippen molar-refractivity contribution in [3.8, 4) is 5.75 Å². The Morgan fingerprint density at radius 2 is 1.68 bits per heavy atom. The highest BCUT2D eigenvalue weighted by Crippen LogP contribution is 2.38. The molecule has 0 saturated carbocycles. The molecule has 38 heavy (non-hydrogen) atoms. The molecule has 2 aromatic rings. The van der Waals surface area contributed by atoms with Crippen molar-refractivity contribution in [2.45, 2.75) is 97.3 Å². The molecule has 0 saturated heterocycles. The summed E-state index contributed by atoms with van der Waals surface area (Å²) in [6.07, 6.45) is 12.3. The molecule has 0 unspecified atom stereocenters. The number of nitrogens with one attached hydrogen (secondary N) is 2. The predicted molar refractivity (Wildman–Crippen MR) is 166 cm³/mol. The van der Waals surface area contributed by atoms with Gasteiger partial charge in [-0.05, 0) is 90.1 Å². The molecule has 0 radical (unpaired) electrons. The number of nitrogens with zero attached hydrogens (tertiary/aromatic N) is 1. The van der Waals surface area contributed by atoms with Crippen LogP contribution in [0.3, 0.4) is 0 Å². The number of thioether (sulfide) groups is 1. The third-order valence-electron chi connectivity index (χ3n) is 6.74. The standard InChI is InChI=1S/C33H45N3OS/c1-8-9-10-11-12-24-19-23(2)20-30(31(24)37)36-35-29-21-27(17-18-28(29)34)38-26-15-13-25(14-16-26)33(6,7)22-32(3,4)5/h13-21,34,36-37H,8-12,22H2,1-7H3/b34-28?,35-29-. The second-order valence-corrected chi connectivity index (χ2v) is 13.4. The van der Waals surface area contributed by atoms with Crippen molar-refractivity contribution in [2.75, 3.05) is 5.43 Å². The van der Waals surface area contributed by atoms with Crippen LogP contribution < -0.4 is 5.43 Å². The van der Waals surface area contributed by atoms with Gasteiger partial charge in [0.05, 0.1) is 11.4 Å². The zero-order valence-corrected chi connectivity index (χ0v) is 25.1. The van der Waals surface area contributed by atoms with E-state index in [4.69, 9.17) is 5.41 Å². The number of hydrazone groups is 1. The number of aryl methyl sites for hydroxylation is 2. The number of phenolic OH excluding ortho intramolecular Hbond substituents is 1. The van der Waals surface area contributed by atoms with Crippen LogP contribution >= 0.6 is 11.8 Å². The first kappa shape index (κ1) is 29.8. The number of benzene rings is 2. The molecule has 3 N–H and O–H groups in total. The van der Waals surface area contributed by atoms with Crippen molar-refractivity contribution in [3.05, 3.63) is 76.2 Å². The van der Waals surface area contributed by atoms with E-state index in [9.17, 15) is 5.11 Å². The normalized spacial score (nSPS) is 15.2. The van der Waals surface area contributed by atoms with Gasteiger partial charge < -0.3 is 5.11 Å². The Labute approximate surface area is 234 Å². The summed E-state index contributed by atoms with van der Waals surface area (Å²) in [5, 5.41) is 23.7. The molecule has 1 aliphatic carbocycles. The SMILES string of the molecule is CCCCCCc1cc(C)cc(N/N=C2/C=C(Sc3ccc(C(C)(C)CC(C)(C)C)cc3)C=CC2=N)c1O. The van der Waals surface area contributed by atoms with Gasteiger partial charge in [0, 0.05) is 9.80 Å². The number of allylic oxidation sites excluding steroid dienone is 3. The van der Waals surface area contributed by atoms with E-state index >= 15 is 0 Å². The van der Waals surface area contributed by atoms with Crippen molar-refractivity contribution < 1.29 is 5.11 Å². The Morgan fingerprint density at radius 1 is 0.974 bits per heavy atom. The van der Waals surface area contributed by atoms with Gasteiger partial charge in [0.25, 0.3) is 0 Å². The van der Waals surface area contributed by atoms with E-state index in [1.54, 1.807) is 17.8 Å². The van der Waals surface area contributed by atoms with Crippen LogP contribution in [0.1, 0.15) is 90.3 Å². The highest BCUT2D eigenvalue weighted by Gasteiger charge is 2.27. The molecule has 0 aliphatic heterocycles. The lowest BCUT2D eigenvalue weighted by molar-refractivity contribution is 0.284. The van der Waals surface area contributed by atoms with Gasteiger partial charge in [0.15, 0.2) is 0 Å². The maximum absolute atomic E-state index is 10.8. The van der Waals surface area contributed by atoms with Gasteiger partial charge in [-0.2, -0.15) is 5.10 Å². The van der Waals surface area contributed by atoms with Gasteiger partial charge in [-0.1, -0.05) is 90.8 Å². The Morgan fingerprint density at radius 3 is 2.34 bits per heavy atom. The lowest BCUT2D eigenvalue weighted by Crippen LogP contribution is -2.24. The summed E-state index contributed by atoms with van der Waals surface area (Å²) in [6, 6.07) is 12.8. The zero-order chi connectivity index (χ0) is 27.9. The highest BCUT2D eigenvalue weighted by molar-refractivity contribution is 8.03. The van der Waals surface area contributed by atoms with Crippen LogP contribution in [0.5, 0.6) is 5.75 Å². The number of aromatic hydroxyl groups is 1. The monoisotopic (exact) mass is 531 g/mol. The second kappa shape index (κ2) is 12.8. The van der Waals surface area contributed by atoms with Gasteiger partial charge in [-0.15, -0.1) is 0 Å². The first-order chi connectivity index (χ1) is 17.9. The third-order valence-corrected chi connectivity index (χ3v) is 7.74. The first-order valence-electron chi connectivity index (χ1n) is 13.8. The van der Waals surface area contributed by atoms with Gasteiger partial charge in [-0.3, -0.25) is 10.8 Å². The third kappa shape index (κ3) is 8.62. The largest absolute Gasteiger partial charge is 0.505 e. The molecular weight excluding hydrogens is 486 g/mol. The number of unbranched alkanes of at least 4 members (excludes halogenated alkanes) is 3. The number of hydrogen-bond acceptors (Lipinski definition) is 5. The molecule has 0 aromatic heterocycles. The molecule has 0 atom stereocenters. The van der Waals surface area contributed by atoms with E-state index in [0.29, 0.717) is 17.1 Å². The van der Waals surface area contributed by atoms with E-state index < -0.39 is 0 Å². The summed E-state index contributed by atoms with van der Waals surface area (Å²) in [5.74, 6) is 0.252. The number of hydrogen-bond donors (Lipinski definition) is 3. The minimum atomic E-state index is 0.114. The van der Waals surface area contributed by atoms with Crippen molar-refractivity contribution in [3.63, 3.8) is 0 Å². The Bertz CT molecular complexity index is 1210. The maximum Gasteiger partial charge on any atom is 0.143 e. The molecule has 0 bridgehead atoms. The number of rotatable bonds is 11. The van der Waals surface area contributed by atoms with Crippen molar-refractivity contribution in [1.82, 2.24) is 0 Å². The van der Waals surface area contributed by atoms with E-state index in [-0.39, 0.29) is 16.6 Å². The van der Waals surface area contributed by atoms with Crippen molar-refractivity contribution in [1.29, 1.82) is 5.41 Å². The van der Waals surface area contributed by atoms with Crippen molar-refractivity contribution in [2.24, 2.45) is 10.5 Å². The van der Waals surface area contributed by atoms with Crippen LogP contribution in [-0.4, -0.2) is 16.5 Å². The molecule has 204 valence electrons. The maximum atomic E-state index is 10.8. The summed E-state index contributed by atoms with van der Waals surface area (Å²) >= 11 is 1.67. The summed E-state index contributed by atoms with van der Waals surface area (Å²) in [7, 11) is 0. The highest BCUT2D eigenvalue weighted by atomic mass is 32.2. The molecule has 3 rings (SSSR count). The Hall–Kier alpha value is -2.79. The van der Waals surface area contributed by atoms with Crippen LogP contribution in [0.25, 0.3) is 0 Å². The molecule has 2 aromatic carbocycles. The van der Waals surface area contributed by atoms with Crippen LogP contribution in [0.4, 0.5) is 5.69 Å². The molecule has 0 heterocycles. The van der Waals surface area contributed by atoms with Crippen molar-refractivity contribution >= 4 is 28.9 Å². The van der Waals surface area contributed by atoms with Crippen LogP contribution in [-0.2, 0) is 11.8 Å². The fourth-order valence-electron chi connectivity index (χ4n) is 5.20. The minimum Gasteiger partial charge on any atom is -0.505 e. The average Bonchev–Trinajstić information content (AvgIpc) is 2.83. The molecule has 0 fully saturated rings. The minimum absolute atomic E-state index is 0.114. The zero-order valence-electron chi connectivity index (χ0n) is 24.2. The summed E-state index contributed by atoms with van der Waals surface area (Å²) in [6.45, 7) is 15.7. The number of phenols is 1. The first-order valence-corrected chi connectivity index (χ1v) is 14.6. The van der Waals surface area contributed by atoms with Gasteiger partial charge in [0.2, 0.25) is 0 Å². The Balaban J connectivity index is 1.72. The van der Waals surface area contributed by atoms with Crippen LogP contribution in [0, 0.1) is 17.7 Å². The lowest BCUT2D eigenvalue weighted by Gasteiger charge is -2.33. The summed E-state index contributed by atoms with van der Waals surface area (Å²) in [5.41, 5.74) is 8.26. The molecule has 5 heteroatoms.